The van der Waals surface area contributed by atoms with Crippen molar-refractivity contribution in [3.05, 3.63) is 54.1 Å². The van der Waals surface area contributed by atoms with E-state index in [1.807, 2.05) is 4.72 Å². The molecule has 9 heteroatoms. The van der Waals surface area contributed by atoms with Gasteiger partial charge in [-0.1, -0.05) is 18.2 Å². The summed E-state index contributed by atoms with van der Waals surface area (Å²) < 4.78 is 54.7. The molecule has 0 radical (unpaired) electrons. The summed E-state index contributed by atoms with van der Waals surface area (Å²) in [5.41, 5.74) is 0.0443. The van der Waals surface area contributed by atoms with Gasteiger partial charge in [-0.3, -0.25) is 4.79 Å². The van der Waals surface area contributed by atoms with Crippen molar-refractivity contribution in [2.45, 2.75) is 9.79 Å². The van der Waals surface area contributed by atoms with Gasteiger partial charge < -0.3 is 4.74 Å². The Morgan fingerprint density at radius 1 is 0.958 bits per heavy atom. The van der Waals surface area contributed by atoms with Gasteiger partial charge in [0.15, 0.2) is 9.84 Å². The van der Waals surface area contributed by atoms with E-state index in [0.717, 1.165) is 12.3 Å². The van der Waals surface area contributed by atoms with E-state index in [1.165, 1.54) is 37.4 Å². The number of sulfone groups is 1. The number of hydrogen-bond donors (Lipinski definition) is 1. The first-order valence-electron chi connectivity index (χ1n) is 6.65. The van der Waals surface area contributed by atoms with Crippen LogP contribution in [0, 0.1) is 0 Å². The van der Waals surface area contributed by atoms with Gasteiger partial charge in [0.2, 0.25) is 0 Å². The van der Waals surface area contributed by atoms with Crippen LogP contribution in [0.15, 0.2) is 58.3 Å². The molecule has 1 N–H and O–H groups in total. The van der Waals surface area contributed by atoms with Gasteiger partial charge in [-0.05, 0) is 30.3 Å². The van der Waals surface area contributed by atoms with Gasteiger partial charge in [0.25, 0.3) is 15.9 Å². The van der Waals surface area contributed by atoms with Crippen LogP contribution in [0.4, 0.5) is 0 Å². The van der Waals surface area contributed by atoms with E-state index >= 15 is 0 Å². The predicted molar refractivity (Wildman–Crippen MR) is 87.2 cm³/mol. The molecule has 2 rings (SSSR count). The Hall–Kier alpha value is -2.39. The highest BCUT2D eigenvalue weighted by atomic mass is 32.2. The van der Waals surface area contributed by atoms with Crippen molar-refractivity contribution in [3.8, 4) is 5.75 Å². The molecular formula is C15H15NO6S2. The molecule has 7 nitrogen and oxygen atoms in total. The van der Waals surface area contributed by atoms with Gasteiger partial charge in [0.1, 0.15) is 5.75 Å². The second-order valence-corrected chi connectivity index (χ2v) is 8.58. The maximum atomic E-state index is 12.3. The van der Waals surface area contributed by atoms with E-state index in [1.54, 1.807) is 12.1 Å². The molecule has 0 aliphatic carbocycles. The lowest BCUT2D eigenvalue weighted by atomic mass is 10.2. The third kappa shape index (κ3) is 3.92. The monoisotopic (exact) mass is 369 g/mol. The summed E-state index contributed by atoms with van der Waals surface area (Å²) in [5.74, 6) is -0.660. The summed E-state index contributed by atoms with van der Waals surface area (Å²) in [7, 11) is -6.45. The van der Waals surface area contributed by atoms with Crippen molar-refractivity contribution in [1.29, 1.82) is 0 Å². The lowest BCUT2D eigenvalue weighted by Gasteiger charge is -2.10. The van der Waals surface area contributed by atoms with Gasteiger partial charge in [-0.25, -0.2) is 21.6 Å². The molecule has 2 aromatic rings. The predicted octanol–water partition coefficient (Wildman–Crippen LogP) is 1.22. The number of sulfonamides is 1. The fourth-order valence-corrected chi connectivity index (χ4v) is 3.69. The highest BCUT2D eigenvalue weighted by Crippen LogP contribution is 2.19. The second-order valence-electron chi connectivity index (χ2n) is 4.88. The van der Waals surface area contributed by atoms with E-state index in [-0.39, 0.29) is 21.1 Å². The molecular weight excluding hydrogens is 354 g/mol. The van der Waals surface area contributed by atoms with Crippen LogP contribution in [-0.2, 0) is 19.9 Å². The molecule has 24 heavy (non-hydrogen) atoms. The normalized spacial score (nSPS) is 11.8. The number of benzene rings is 2. The van der Waals surface area contributed by atoms with Gasteiger partial charge in [-0.15, -0.1) is 0 Å². The molecule has 1 amide bonds. The number of carbonyl (C=O) groups is 1. The first-order valence-corrected chi connectivity index (χ1v) is 10.0. The zero-order chi connectivity index (χ0) is 18.0. The number of hydrogen-bond acceptors (Lipinski definition) is 6. The number of carbonyl (C=O) groups excluding carboxylic acids is 1. The number of methoxy groups -OCH3 is 1. The number of nitrogens with one attached hydrogen (secondary N) is 1. The van der Waals surface area contributed by atoms with Crippen LogP contribution < -0.4 is 9.46 Å². The maximum Gasteiger partial charge on any atom is 0.268 e. The average molecular weight is 369 g/mol. The maximum absolute atomic E-state index is 12.3. The van der Waals surface area contributed by atoms with Crippen molar-refractivity contribution in [2.75, 3.05) is 13.4 Å². The lowest BCUT2D eigenvalue weighted by Crippen LogP contribution is -2.31. The van der Waals surface area contributed by atoms with Crippen molar-refractivity contribution in [1.82, 2.24) is 4.72 Å². The van der Waals surface area contributed by atoms with E-state index < -0.39 is 25.8 Å². The van der Waals surface area contributed by atoms with Gasteiger partial charge >= 0.3 is 0 Å². The molecule has 128 valence electrons. The zero-order valence-electron chi connectivity index (χ0n) is 12.9. The minimum absolute atomic E-state index is 0.0443. The average Bonchev–Trinajstić information content (AvgIpc) is 2.53. The lowest BCUT2D eigenvalue weighted by molar-refractivity contribution is 0.0978. The number of ether oxygens (including phenoxy) is 1. The third-order valence-electron chi connectivity index (χ3n) is 3.12. The number of para-hydroxylation sites is 1. The molecule has 0 heterocycles. The van der Waals surface area contributed by atoms with Crippen molar-refractivity contribution in [2.24, 2.45) is 0 Å². The summed E-state index contributed by atoms with van der Waals surface area (Å²) in [6.07, 6.45) is 0.964. The molecule has 0 bridgehead atoms. The highest BCUT2D eigenvalue weighted by molar-refractivity contribution is 7.91. The molecule has 0 spiro atoms. The van der Waals surface area contributed by atoms with E-state index in [4.69, 9.17) is 4.74 Å². The Kier molecular flexibility index (Phi) is 4.95. The number of amides is 1. The van der Waals surface area contributed by atoms with Crippen LogP contribution >= 0.6 is 0 Å². The molecule has 2 aromatic carbocycles. The summed E-state index contributed by atoms with van der Waals surface area (Å²) >= 11 is 0. The zero-order valence-corrected chi connectivity index (χ0v) is 14.5. The molecule has 0 atom stereocenters. The summed E-state index contributed by atoms with van der Waals surface area (Å²) in [6, 6.07) is 10.9. The second kappa shape index (κ2) is 6.62. The Bertz CT molecular complexity index is 981. The van der Waals surface area contributed by atoms with Gasteiger partial charge in [0, 0.05) is 6.26 Å². The van der Waals surface area contributed by atoms with Crippen molar-refractivity contribution in [3.63, 3.8) is 0 Å². The van der Waals surface area contributed by atoms with Crippen LogP contribution in [0.5, 0.6) is 5.75 Å². The third-order valence-corrected chi connectivity index (χ3v) is 5.56. The van der Waals surface area contributed by atoms with E-state index in [0.29, 0.717) is 0 Å². The smallest absolute Gasteiger partial charge is 0.268 e. The molecule has 0 saturated heterocycles. The molecule has 0 aliphatic rings. The molecule has 0 saturated carbocycles. The van der Waals surface area contributed by atoms with Crippen LogP contribution in [0.1, 0.15) is 10.4 Å². The molecule has 0 aromatic heterocycles. The fourth-order valence-electron chi connectivity index (χ4n) is 1.94. The van der Waals surface area contributed by atoms with Crippen LogP contribution in [0.25, 0.3) is 0 Å². The molecule has 0 unspecified atom stereocenters. The first kappa shape index (κ1) is 18.0. The minimum atomic E-state index is -4.23. The Morgan fingerprint density at radius 2 is 1.58 bits per heavy atom. The fraction of sp³-hybridized carbons (Fsp3) is 0.133. The largest absolute Gasteiger partial charge is 0.496 e. The number of rotatable bonds is 5. The van der Waals surface area contributed by atoms with Gasteiger partial charge in [-0.2, -0.15) is 0 Å². The van der Waals surface area contributed by atoms with Crippen molar-refractivity contribution >= 4 is 25.8 Å². The summed E-state index contributed by atoms with van der Waals surface area (Å²) in [4.78, 5) is 11.7. The topological polar surface area (TPSA) is 107 Å². The van der Waals surface area contributed by atoms with Crippen molar-refractivity contribution < 1.29 is 26.4 Å². The van der Waals surface area contributed by atoms with E-state index in [9.17, 15) is 21.6 Å². The van der Waals surface area contributed by atoms with E-state index in [2.05, 4.69) is 0 Å². The van der Waals surface area contributed by atoms with Crippen LogP contribution in [-0.4, -0.2) is 36.1 Å². The highest BCUT2D eigenvalue weighted by Gasteiger charge is 2.22. The standard InChI is InChI=1S/C15H15NO6S2/c1-22-14-9-4-3-8-13(14)15(17)16-24(20,21)12-7-5-6-11(10-12)23(2,18)19/h3-10H,1-2H3,(H,16,17). The Labute approximate surface area is 140 Å². The van der Waals surface area contributed by atoms with Crippen LogP contribution in [0.3, 0.4) is 0 Å². The quantitative estimate of drug-likeness (QED) is 0.849. The minimum Gasteiger partial charge on any atom is -0.496 e. The SMILES string of the molecule is COc1ccccc1C(=O)NS(=O)(=O)c1cccc(S(C)(=O)=O)c1. The summed E-state index contributed by atoms with van der Waals surface area (Å²) in [6.45, 7) is 0. The Morgan fingerprint density at radius 3 is 2.21 bits per heavy atom. The van der Waals surface area contributed by atoms with Gasteiger partial charge in [0.05, 0.1) is 22.5 Å². The summed E-state index contributed by atoms with van der Waals surface area (Å²) in [5, 5.41) is 0. The molecule has 0 aliphatic heterocycles. The molecule has 0 fully saturated rings. The Balaban J connectivity index is 2.37. The first-order chi connectivity index (χ1) is 11.1. The van der Waals surface area contributed by atoms with Crippen LogP contribution in [0.2, 0.25) is 0 Å².